The zero-order chi connectivity index (χ0) is 16.0. The van der Waals surface area contributed by atoms with Crippen molar-refractivity contribution >= 4 is 12.2 Å². The van der Waals surface area contributed by atoms with Crippen LogP contribution in [0.1, 0.15) is 86.8 Å². The minimum Gasteiger partial charge on any atom is -0.0984 e. The minimum absolute atomic E-state index is 0.511. The van der Waals surface area contributed by atoms with Crippen molar-refractivity contribution in [1.29, 1.82) is 0 Å². The third-order valence-corrected chi connectivity index (χ3v) is 3.80. The quantitative estimate of drug-likeness (QED) is 0.561. The van der Waals surface area contributed by atoms with Crippen LogP contribution in [0.15, 0.2) is 13.2 Å². The Hall–Kier alpha value is -1.30. The van der Waals surface area contributed by atoms with Crippen LogP contribution >= 0.6 is 0 Å². The molecule has 0 aliphatic carbocycles. The second-order valence-corrected chi connectivity index (χ2v) is 5.62. The smallest absolute Gasteiger partial charge is 0.0150 e. The first-order chi connectivity index (χ1) is 9.36. The van der Waals surface area contributed by atoms with Gasteiger partial charge in [-0.05, 0) is 59.1 Å². The first-order valence-electron chi connectivity index (χ1n) is 7.78. The summed E-state index contributed by atoms with van der Waals surface area (Å²) in [5.41, 5.74) is 8.20. The van der Waals surface area contributed by atoms with Crippen molar-refractivity contribution in [2.75, 3.05) is 0 Å². The van der Waals surface area contributed by atoms with Crippen molar-refractivity contribution in [3.05, 3.63) is 46.5 Å². The predicted molar refractivity (Wildman–Crippen MR) is 95.6 cm³/mol. The third kappa shape index (κ3) is 3.42. The molecule has 0 atom stereocenters. The molecular formula is C20H32. The minimum atomic E-state index is 0.511. The van der Waals surface area contributed by atoms with E-state index in [2.05, 4.69) is 54.7 Å². The Morgan fingerprint density at radius 2 is 0.950 bits per heavy atom. The highest BCUT2D eigenvalue weighted by Crippen LogP contribution is 2.36. The maximum atomic E-state index is 4.01. The van der Waals surface area contributed by atoms with E-state index in [9.17, 15) is 0 Å². The molecule has 1 rings (SSSR count). The summed E-state index contributed by atoms with van der Waals surface area (Å²) in [6.45, 7) is 25.5. The van der Waals surface area contributed by atoms with Gasteiger partial charge in [0.2, 0.25) is 0 Å². The molecule has 0 nitrogen and oxygen atoms in total. The van der Waals surface area contributed by atoms with E-state index in [0.29, 0.717) is 11.8 Å². The highest BCUT2D eigenvalue weighted by Gasteiger charge is 2.19. The Labute approximate surface area is 126 Å². The lowest BCUT2D eigenvalue weighted by molar-refractivity contribution is 0.820. The normalized spacial score (nSPS) is 10.3. The van der Waals surface area contributed by atoms with Crippen molar-refractivity contribution < 1.29 is 0 Å². The Kier molecular flexibility index (Phi) is 7.57. The molecule has 0 fully saturated rings. The largest absolute Gasteiger partial charge is 0.0984 e. The second-order valence-electron chi connectivity index (χ2n) is 5.62. The summed E-state index contributed by atoms with van der Waals surface area (Å²) >= 11 is 0. The Bertz CT molecular complexity index is 429. The van der Waals surface area contributed by atoms with Crippen LogP contribution in [0.5, 0.6) is 0 Å². The summed E-state index contributed by atoms with van der Waals surface area (Å²) in [7, 11) is 0. The molecule has 0 amide bonds. The molecule has 0 radical (unpaired) electrons. The van der Waals surface area contributed by atoms with Gasteiger partial charge in [-0.1, -0.05) is 66.9 Å². The fourth-order valence-electron chi connectivity index (χ4n) is 3.03. The molecule has 0 N–H and O–H groups in total. The molecular weight excluding hydrogens is 240 g/mol. The van der Waals surface area contributed by atoms with Crippen LogP contribution in [0.25, 0.3) is 12.2 Å². The summed E-state index contributed by atoms with van der Waals surface area (Å²) in [5.74, 6) is 1.02. The number of hydrogen-bond acceptors (Lipinski definition) is 0. The number of hydrogen-bond donors (Lipinski definition) is 0. The Balaban J connectivity index is 0.00000172. The molecule has 0 unspecified atom stereocenters. The molecule has 0 spiro atoms. The zero-order valence-corrected chi connectivity index (χ0v) is 14.7. The van der Waals surface area contributed by atoms with Gasteiger partial charge >= 0.3 is 0 Å². The molecule has 0 aliphatic rings. The van der Waals surface area contributed by atoms with Gasteiger partial charge in [-0.15, -0.1) is 0 Å². The van der Waals surface area contributed by atoms with Gasteiger partial charge < -0.3 is 0 Å². The summed E-state index contributed by atoms with van der Waals surface area (Å²) in [5, 5.41) is 0. The van der Waals surface area contributed by atoms with Crippen molar-refractivity contribution in [3.8, 4) is 0 Å². The summed E-state index contributed by atoms with van der Waals surface area (Å²) < 4.78 is 0. The number of benzene rings is 1. The lowest BCUT2D eigenvalue weighted by atomic mass is 9.80. The monoisotopic (exact) mass is 272 g/mol. The lowest BCUT2D eigenvalue weighted by Gasteiger charge is -2.25. The average Bonchev–Trinajstić information content (AvgIpc) is 2.41. The maximum absolute atomic E-state index is 4.01. The summed E-state index contributed by atoms with van der Waals surface area (Å²) in [4.78, 5) is 0. The van der Waals surface area contributed by atoms with Crippen molar-refractivity contribution in [1.82, 2.24) is 0 Å². The van der Waals surface area contributed by atoms with Crippen LogP contribution in [-0.2, 0) is 0 Å². The van der Waals surface area contributed by atoms with E-state index in [1.165, 1.54) is 33.4 Å². The van der Waals surface area contributed by atoms with E-state index >= 15 is 0 Å². The van der Waals surface area contributed by atoms with Crippen molar-refractivity contribution in [2.45, 2.75) is 67.2 Å². The van der Waals surface area contributed by atoms with Gasteiger partial charge in [-0.3, -0.25) is 0 Å². The first-order valence-corrected chi connectivity index (χ1v) is 7.78. The van der Waals surface area contributed by atoms with Gasteiger partial charge in [0.1, 0.15) is 0 Å². The highest BCUT2D eigenvalue weighted by molar-refractivity contribution is 5.73. The van der Waals surface area contributed by atoms with E-state index in [1.807, 2.05) is 26.0 Å². The fraction of sp³-hybridized carbons (Fsp3) is 0.500. The Morgan fingerprint density at radius 3 is 1.10 bits per heavy atom. The van der Waals surface area contributed by atoms with Crippen LogP contribution in [0.2, 0.25) is 0 Å². The lowest BCUT2D eigenvalue weighted by Crippen LogP contribution is -2.07. The molecule has 0 heteroatoms. The average molecular weight is 272 g/mol. The molecule has 0 saturated heterocycles. The first kappa shape index (κ1) is 18.7. The van der Waals surface area contributed by atoms with E-state index in [-0.39, 0.29) is 0 Å². The zero-order valence-electron chi connectivity index (χ0n) is 14.7. The fourth-order valence-corrected chi connectivity index (χ4v) is 3.03. The predicted octanol–water partition coefficient (Wildman–Crippen LogP) is 6.86. The second kappa shape index (κ2) is 8.09. The van der Waals surface area contributed by atoms with E-state index in [0.717, 1.165) is 0 Å². The molecule has 0 aliphatic heterocycles. The summed E-state index contributed by atoms with van der Waals surface area (Å²) in [6.07, 6.45) is 3.98. The molecule has 1 aromatic carbocycles. The van der Waals surface area contributed by atoms with E-state index in [1.54, 1.807) is 0 Å². The third-order valence-electron chi connectivity index (χ3n) is 3.80. The molecule has 0 saturated carbocycles. The van der Waals surface area contributed by atoms with E-state index in [4.69, 9.17) is 0 Å². The van der Waals surface area contributed by atoms with Gasteiger partial charge in [0.05, 0.1) is 0 Å². The van der Waals surface area contributed by atoms with Crippen LogP contribution in [-0.4, -0.2) is 0 Å². The van der Waals surface area contributed by atoms with Crippen molar-refractivity contribution in [2.24, 2.45) is 0 Å². The SMILES string of the molecule is C=Cc1c(C=C)c(C(C)C)c(C)c(C)c1C(C)C.CC. The molecule has 1 aromatic rings. The standard InChI is InChI=1S/C18H26.C2H6/c1-9-15-16(10-2)18(12(5)6)14(8)13(7)17(15)11(3)4;1-2/h9-12H,1-2H2,3-8H3;1-2H3. The van der Waals surface area contributed by atoms with Crippen LogP contribution in [0.3, 0.4) is 0 Å². The molecule has 0 aromatic heterocycles. The van der Waals surface area contributed by atoms with Gasteiger partial charge in [0.15, 0.2) is 0 Å². The maximum Gasteiger partial charge on any atom is -0.0150 e. The summed E-state index contributed by atoms with van der Waals surface area (Å²) in [6, 6.07) is 0. The Morgan fingerprint density at radius 1 is 0.700 bits per heavy atom. The van der Waals surface area contributed by atoms with E-state index < -0.39 is 0 Å². The number of rotatable bonds is 4. The van der Waals surface area contributed by atoms with Crippen molar-refractivity contribution in [3.63, 3.8) is 0 Å². The highest BCUT2D eigenvalue weighted by atomic mass is 14.2. The molecule has 20 heavy (non-hydrogen) atoms. The van der Waals surface area contributed by atoms with Crippen LogP contribution in [0.4, 0.5) is 0 Å². The van der Waals surface area contributed by atoms with Gasteiger partial charge in [0.25, 0.3) is 0 Å². The molecule has 0 heterocycles. The topological polar surface area (TPSA) is 0 Å². The van der Waals surface area contributed by atoms with Gasteiger partial charge in [-0.25, -0.2) is 0 Å². The van der Waals surface area contributed by atoms with Crippen LogP contribution in [0, 0.1) is 13.8 Å². The van der Waals surface area contributed by atoms with Crippen LogP contribution < -0.4 is 0 Å². The van der Waals surface area contributed by atoms with Gasteiger partial charge in [0, 0.05) is 0 Å². The molecule has 112 valence electrons. The molecule has 0 bridgehead atoms. The van der Waals surface area contributed by atoms with Gasteiger partial charge in [-0.2, -0.15) is 0 Å².